The Bertz CT molecular complexity index is 298. The first-order valence-electron chi connectivity index (χ1n) is 4.82. The highest BCUT2D eigenvalue weighted by molar-refractivity contribution is 5.79. The molecule has 2 aliphatic heterocycles. The molecule has 2 rings (SSSR count). The minimum atomic E-state index is -0.291. The van der Waals surface area contributed by atoms with Crippen LogP contribution in [-0.4, -0.2) is 35.5 Å². The van der Waals surface area contributed by atoms with Crippen LogP contribution >= 0.6 is 0 Å². The number of amides is 1. The Kier molecular flexibility index (Phi) is 2.27. The number of nitrogens with zero attached hydrogens (tertiary/aromatic N) is 1. The summed E-state index contributed by atoms with van der Waals surface area (Å²) in [6.45, 7) is 2.05. The fraction of sp³-hybridized carbons (Fsp3) is 0.600. The monoisotopic (exact) mass is 195 g/mol. The highest BCUT2D eigenvalue weighted by Gasteiger charge is 2.38. The normalized spacial score (nSPS) is 30.4. The predicted molar refractivity (Wildman–Crippen MR) is 49.4 cm³/mol. The molecule has 2 atom stereocenters. The van der Waals surface area contributed by atoms with Gasteiger partial charge in [-0.1, -0.05) is 6.08 Å². The van der Waals surface area contributed by atoms with E-state index in [0.29, 0.717) is 13.0 Å². The summed E-state index contributed by atoms with van der Waals surface area (Å²) in [6.07, 6.45) is 4.88. The molecule has 0 aromatic heterocycles. The fourth-order valence-corrected chi connectivity index (χ4v) is 2.08. The van der Waals surface area contributed by atoms with Gasteiger partial charge in [-0.15, -0.1) is 0 Å². The highest BCUT2D eigenvalue weighted by Crippen LogP contribution is 2.26. The maximum atomic E-state index is 11.4. The molecule has 0 aromatic carbocycles. The largest absolute Gasteiger partial charge is 0.456 e. The summed E-state index contributed by atoms with van der Waals surface area (Å²) in [5, 5.41) is 0. The van der Waals surface area contributed by atoms with Crippen molar-refractivity contribution >= 4 is 11.9 Å². The van der Waals surface area contributed by atoms with Crippen LogP contribution < -0.4 is 0 Å². The van der Waals surface area contributed by atoms with Crippen LogP contribution in [0.1, 0.15) is 19.8 Å². The fourth-order valence-electron chi connectivity index (χ4n) is 2.08. The van der Waals surface area contributed by atoms with E-state index in [-0.39, 0.29) is 24.0 Å². The molecule has 0 spiro atoms. The number of hydrogen-bond donors (Lipinski definition) is 0. The Labute approximate surface area is 82.5 Å². The van der Waals surface area contributed by atoms with Crippen LogP contribution in [0.15, 0.2) is 12.2 Å². The van der Waals surface area contributed by atoms with E-state index in [0.717, 1.165) is 6.42 Å². The maximum Gasteiger partial charge on any atom is 0.303 e. The molecule has 2 aliphatic rings. The number of rotatable bonds is 1. The molecule has 0 bridgehead atoms. The molecule has 1 fully saturated rings. The summed E-state index contributed by atoms with van der Waals surface area (Å²) in [4.78, 5) is 24.0. The zero-order chi connectivity index (χ0) is 10.1. The van der Waals surface area contributed by atoms with Gasteiger partial charge in [-0.2, -0.15) is 0 Å². The lowest BCUT2D eigenvalue weighted by molar-refractivity contribution is -0.148. The van der Waals surface area contributed by atoms with Crippen LogP contribution in [0.2, 0.25) is 0 Å². The quantitative estimate of drug-likeness (QED) is 0.451. The van der Waals surface area contributed by atoms with E-state index in [9.17, 15) is 9.59 Å². The van der Waals surface area contributed by atoms with Gasteiger partial charge < -0.3 is 9.64 Å². The van der Waals surface area contributed by atoms with Crippen molar-refractivity contribution in [2.75, 3.05) is 6.54 Å². The van der Waals surface area contributed by atoms with Crippen LogP contribution in [0.5, 0.6) is 0 Å². The average molecular weight is 195 g/mol. The van der Waals surface area contributed by atoms with Gasteiger partial charge in [-0.3, -0.25) is 9.59 Å². The SMILES string of the molecule is CC(=O)O[C@H]1C=CCN2C(=O)CC[C@@H]12. The van der Waals surface area contributed by atoms with E-state index >= 15 is 0 Å². The summed E-state index contributed by atoms with van der Waals surface area (Å²) in [7, 11) is 0. The summed E-state index contributed by atoms with van der Waals surface area (Å²) in [6, 6.07) is 0.0661. The molecule has 1 amide bonds. The van der Waals surface area contributed by atoms with Gasteiger partial charge in [0.1, 0.15) is 6.10 Å². The van der Waals surface area contributed by atoms with Crippen LogP contribution in [0.4, 0.5) is 0 Å². The van der Waals surface area contributed by atoms with Crippen molar-refractivity contribution in [2.24, 2.45) is 0 Å². The molecule has 4 nitrogen and oxygen atoms in total. The second-order valence-electron chi connectivity index (χ2n) is 3.65. The molecular formula is C10H13NO3. The van der Waals surface area contributed by atoms with Gasteiger partial charge >= 0.3 is 5.97 Å². The summed E-state index contributed by atoms with van der Waals surface area (Å²) in [5.74, 6) is -0.127. The topological polar surface area (TPSA) is 46.6 Å². The average Bonchev–Trinajstić information content (AvgIpc) is 2.49. The van der Waals surface area contributed by atoms with Gasteiger partial charge in [0.05, 0.1) is 6.04 Å². The van der Waals surface area contributed by atoms with Crippen LogP contribution in [0.25, 0.3) is 0 Å². The number of hydrogen-bond acceptors (Lipinski definition) is 3. The van der Waals surface area contributed by atoms with Crippen LogP contribution in [0.3, 0.4) is 0 Å². The van der Waals surface area contributed by atoms with Gasteiger partial charge in [-0.25, -0.2) is 0 Å². The van der Waals surface area contributed by atoms with Crippen molar-refractivity contribution in [1.82, 2.24) is 4.90 Å². The lowest BCUT2D eigenvalue weighted by atomic mass is 10.1. The van der Waals surface area contributed by atoms with Crippen molar-refractivity contribution in [2.45, 2.75) is 31.9 Å². The molecule has 0 aliphatic carbocycles. The van der Waals surface area contributed by atoms with Gasteiger partial charge in [-0.05, 0) is 12.5 Å². The number of fused-ring (bicyclic) bond motifs is 1. The molecule has 1 saturated heterocycles. The van der Waals surface area contributed by atoms with Gasteiger partial charge in [0, 0.05) is 19.9 Å². The first kappa shape index (κ1) is 9.24. The Morgan fingerprint density at radius 3 is 3.14 bits per heavy atom. The third kappa shape index (κ3) is 1.52. The molecule has 0 N–H and O–H groups in total. The van der Waals surface area contributed by atoms with Crippen molar-refractivity contribution in [3.8, 4) is 0 Å². The summed E-state index contributed by atoms with van der Waals surface area (Å²) < 4.78 is 5.13. The minimum absolute atomic E-state index is 0.0661. The second-order valence-corrected chi connectivity index (χ2v) is 3.65. The first-order valence-corrected chi connectivity index (χ1v) is 4.82. The van der Waals surface area contributed by atoms with Crippen LogP contribution in [0, 0.1) is 0 Å². The second kappa shape index (κ2) is 3.44. The first-order chi connectivity index (χ1) is 6.68. The molecule has 0 aromatic rings. The molecular weight excluding hydrogens is 182 g/mol. The van der Waals surface area contributed by atoms with Gasteiger partial charge in [0.15, 0.2) is 0 Å². The third-order valence-corrected chi connectivity index (χ3v) is 2.68. The molecule has 2 heterocycles. The zero-order valence-corrected chi connectivity index (χ0v) is 8.10. The molecule has 76 valence electrons. The van der Waals surface area contributed by atoms with E-state index in [4.69, 9.17) is 4.74 Å². The standard InChI is InChI=1S/C10H13NO3/c1-7(12)14-9-3-2-6-11-8(9)4-5-10(11)13/h2-3,8-9H,4-6H2,1H3/t8-,9-/m0/s1. The van der Waals surface area contributed by atoms with Gasteiger partial charge in [0.25, 0.3) is 0 Å². The van der Waals surface area contributed by atoms with Crippen molar-refractivity contribution in [3.05, 3.63) is 12.2 Å². The molecule has 0 saturated carbocycles. The van der Waals surface area contributed by atoms with Crippen molar-refractivity contribution < 1.29 is 14.3 Å². The Morgan fingerprint density at radius 1 is 1.64 bits per heavy atom. The number of ether oxygens (including phenoxy) is 1. The predicted octanol–water partition coefficient (Wildman–Crippen LogP) is 0.479. The lowest BCUT2D eigenvalue weighted by Crippen LogP contribution is -2.44. The Morgan fingerprint density at radius 2 is 2.43 bits per heavy atom. The summed E-state index contributed by atoms with van der Waals surface area (Å²) in [5.41, 5.74) is 0. The maximum absolute atomic E-state index is 11.4. The van der Waals surface area contributed by atoms with Crippen LogP contribution in [-0.2, 0) is 14.3 Å². The molecule has 0 radical (unpaired) electrons. The third-order valence-electron chi connectivity index (χ3n) is 2.68. The van der Waals surface area contributed by atoms with E-state index in [2.05, 4.69) is 0 Å². The van der Waals surface area contributed by atoms with E-state index in [1.807, 2.05) is 12.2 Å². The molecule has 0 unspecified atom stereocenters. The highest BCUT2D eigenvalue weighted by atomic mass is 16.5. The Hall–Kier alpha value is -1.32. The van der Waals surface area contributed by atoms with Crippen molar-refractivity contribution in [1.29, 1.82) is 0 Å². The van der Waals surface area contributed by atoms with Crippen molar-refractivity contribution in [3.63, 3.8) is 0 Å². The van der Waals surface area contributed by atoms with E-state index in [1.165, 1.54) is 6.92 Å². The molecule has 14 heavy (non-hydrogen) atoms. The summed E-state index contributed by atoms with van der Waals surface area (Å²) >= 11 is 0. The smallest absolute Gasteiger partial charge is 0.303 e. The number of carbonyl (C=O) groups excluding carboxylic acids is 2. The Balaban J connectivity index is 2.11. The molecule has 4 heteroatoms. The van der Waals surface area contributed by atoms with Gasteiger partial charge in [0.2, 0.25) is 5.91 Å². The lowest BCUT2D eigenvalue weighted by Gasteiger charge is -2.32. The number of carbonyl (C=O) groups is 2. The van der Waals surface area contributed by atoms with E-state index in [1.54, 1.807) is 4.90 Å². The number of esters is 1. The zero-order valence-electron chi connectivity index (χ0n) is 8.10. The minimum Gasteiger partial charge on any atom is -0.456 e. The van der Waals surface area contributed by atoms with E-state index < -0.39 is 0 Å².